The third-order valence-corrected chi connectivity index (χ3v) is 2.58. The second-order valence-corrected chi connectivity index (χ2v) is 3.92. The number of aliphatic hydroxyl groups excluding tert-OH is 1. The van der Waals surface area contributed by atoms with Gasteiger partial charge < -0.3 is 10.2 Å². The summed E-state index contributed by atoms with van der Waals surface area (Å²) in [5.74, 6) is 0. The molecule has 2 nitrogen and oxygen atoms in total. The molecule has 14 heavy (non-hydrogen) atoms. The van der Waals surface area contributed by atoms with Crippen molar-refractivity contribution in [2.45, 2.75) is 64.6 Å². The quantitative estimate of drug-likeness (QED) is 0.620. The molecule has 0 amide bonds. The van der Waals surface area contributed by atoms with E-state index in [0.29, 0.717) is 19.3 Å². The Balaban J connectivity index is 4.29. The van der Waals surface area contributed by atoms with Gasteiger partial charge >= 0.3 is 0 Å². The second-order valence-electron chi connectivity index (χ2n) is 3.92. The van der Waals surface area contributed by atoms with Crippen molar-refractivity contribution in [1.82, 2.24) is 0 Å². The van der Waals surface area contributed by atoms with Crippen LogP contribution < -0.4 is 0 Å². The molecule has 0 rings (SSSR count). The second kappa shape index (κ2) is 7.02. The fraction of sp³-hybridized carbons (Fsp3) is 0.833. The Morgan fingerprint density at radius 3 is 2.07 bits per heavy atom. The van der Waals surface area contributed by atoms with Gasteiger partial charge in [-0.25, -0.2) is 0 Å². The first kappa shape index (κ1) is 13.7. The lowest BCUT2D eigenvalue weighted by molar-refractivity contribution is -0.0847. The van der Waals surface area contributed by atoms with Gasteiger partial charge in [-0.05, 0) is 26.2 Å². The highest BCUT2D eigenvalue weighted by Crippen LogP contribution is 2.25. The summed E-state index contributed by atoms with van der Waals surface area (Å²) in [5, 5.41) is 20.1. The van der Waals surface area contributed by atoms with E-state index in [2.05, 4.69) is 0 Å². The fourth-order valence-corrected chi connectivity index (χ4v) is 1.81. The molecule has 84 valence electrons. The highest BCUT2D eigenvalue weighted by atomic mass is 16.3. The monoisotopic (exact) mass is 200 g/mol. The zero-order valence-electron chi connectivity index (χ0n) is 9.66. The van der Waals surface area contributed by atoms with Crippen LogP contribution in [0.25, 0.3) is 0 Å². The molecule has 0 saturated carbocycles. The summed E-state index contributed by atoms with van der Waals surface area (Å²) < 4.78 is 0. The highest BCUT2D eigenvalue weighted by Gasteiger charge is 2.32. The lowest BCUT2D eigenvalue weighted by Crippen LogP contribution is -2.41. The van der Waals surface area contributed by atoms with Gasteiger partial charge in [0.1, 0.15) is 0 Å². The van der Waals surface area contributed by atoms with Gasteiger partial charge in [0.05, 0.1) is 11.7 Å². The van der Waals surface area contributed by atoms with Crippen molar-refractivity contribution >= 4 is 0 Å². The van der Waals surface area contributed by atoms with E-state index in [0.717, 1.165) is 12.8 Å². The van der Waals surface area contributed by atoms with Crippen LogP contribution in [0.2, 0.25) is 0 Å². The molecule has 0 aliphatic heterocycles. The van der Waals surface area contributed by atoms with E-state index in [4.69, 9.17) is 0 Å². The van der Waals surface area contributed by atoms with E-state index in [1.54, 1.807) is 0 Å². The van der Waals surface area contributed by atoms with E-state index in [1.807, 2.05) is 32.9 Å². The Morgan fingerprint density at radius 2 is 1.71 bits per heavy atom. The number of hydrogen-bond donors (Lipinski definition) is 2. The maximum atomic E-state index is 10.2. The van der Waals surface area contributed by atoms with E-state index in [9.17, 15) is 10.2 Å². The molecule has 0 bridgehead atoms. The molecular formula is C12H24O2. The summed E-state index contributed by atoms with van der Waals surface area (Å²) in [6.45, 7) is 5.98. The minimum Gasteiger partial charge on any atom is -0.390 e. The molecule has 0 saturated heterocycles. The fourth-order valence-electron chi connectivity index (χ4n) is 1.81. The lowest BCUT2D eigenvalue weighted by atomic mass is 9.85. The van der Waals surface area contributed by atoms with Crippen molar-refractivity contribution in [2.24, 2.45) is 0 Å². The molecule has 1 atom stereocenters. The van der Waals surface area contributed by atoms with Crippen molar-refractivity contribution < 1.29 is 10.2 Å². The van der Waals surface area contributed by atoms with Crippen LogP contribution in [0.15, 0.2) is 12.2 Å². The Morgan fingerprint density at radius 1 is 1.21 bits per heavy atom. The average Bonchev–Trinajstić information content (AvgIpc) is 2.15. The first-order chi connectivity index (χ1) is 6.60. The predicted octanol–water partition coefficient (Wildman–Crippen LogP) is 2.64. The van der Waals surface area contributed by atoms with Crippen molar-refractivity contribution in [2.75, 3.05) is 0 Å². The zero-order valence-corrected chi connectivity index (χ0v) is 9.66. The molecule has 0 aromatic carbocycles. The smallest absolute Gasteiger partial charge is 0.0908 e. The summed E-state index contributed by atoms with van der Waals surface area (Å²) in [6, 6.07) is 0. The average molecular weight is 200 g/mol. The van der Waals surface area contributed by atoms with Gasteiger partial charge in [0, 0.05) is 0 Å². The molecule has 0 spiro atoms. The summed E-state index contributed by atoms with van der Waals surface area (Å²) in [4.78, 5) is 0. The summed E-state index contributed by atoms with van der Waals surface area (Å²) in [5.41, 5.74) is -0.886. The number of rotatable bonds is 7. The van der Waals surface area contributed by atoms with Gasteiger partial charge in [-0.1, -0.05) is 38.8 Å². The van der Waals surface area contributed by atoms with Crippen LogP contribution in [0.5, 0.6) is 0 Å². The van der Waals surface area contributed by atoms with Crippen molar-refractivity contribution in [1.29, 1.82) is 0 Å². The third-order valence-electron chi connectivity index (χ3n) is 2.58. The maximum absolute atomic E-state index is 10.2. The molecule has 0 heterocycles. The van der Waals surface area contributed by atoms with Crippen molar-refractivity contribution in [3.05, 3.63) is 12.2 Å². The Bertz CT molecular complexity index is 158. The topological polar surface area (TPSA) is 40.5 Å². The lowest BCUT2D eigenvalue weighted by Gasteiger charge is -2.32. The van der Waals surface area contributed by atoms with E-state index < -0.39 is 11.7 Å². The normalized spacial score (nSPS) is 14.9. The molecular weight excluding hydrogens is 176 g/mol. The number of allylic oxidation sites excluding steroid dienone is 1. The van der Waals surface area contributed by atoms with Crippen LogP contribution in [0.1, 0.15) is 52.9 Å². The van der Waals surface area contributed by atoms with Gasteiger partial charge in [0.25, 0.3) is 0 Å². The van der Waals surface area contributed by atoms with Crippen LogP contribution in [0.3, 0.4) is 0 Å². The SMILES string of the molecule is C/C=C/CC(O)C(O)(CCC)CCC. The van der Waals surface area contributed by atoms with Crippen LogP contribution in [-0.4, -0.2) is 21.9 Å². The first-order valence-corrected chi connectivity index (χ1v) is 5.62. The molecule has 2 N–H and O–H groups in total. The first-order valence-electron chi connectivity index (χ1n) is 5.62. The molecule has 0 aliphatic rings. The Hall–Kier alpha value is -0.340. The van der Waals surface area contributed by atoms with Gasteiger partial charge in [-0.3, -0.25) is 0 Å². The third kappa shape index (κ3) is 4.25. The van der Waals surface area contributed by atoms with E-state index in [-0.39, 0.29) is 0 Å². The van der Waals surface area contributed by atoms with E-state index >= 15 is 0 Å². The molecule has 0 aromatic heterocycles. The minimum atomic E-state index is -0.886. The van der Waals surface area contributed by atoms with Crippen molar-refractivity contribution in [3.63, 3.8) is 0 Å². The number of hydrogen-bond acceptors (Lipinski definition) is 2. The van der Waals surface area contributed by atoms with Crippen LogP contribution in [0, 0.1) is 0 Å². The molecule has 2 heteroatoms. The Labute approximate surface area is 87.7 Å². The van der Waals surface area contributed by atoms with Gasteiger partial charge in [-0.2, -0.15) is 0 Å². The summed E-state index contributed by atoms with van der Waals surface area (Å²) in [6.07, 6.45) is 6.90. The van der Waals surface area contributed by atoms with Gasteiger partial charge in [0.2, 0.25) is 0 Å². The molecule has 0 fully saturated rings. The largest absolute Gasteiger partial charge is 0.390 e. The molecule has 0 radical (unpaired) electrons. The highest BCUT2D eigenvalue weighted by molar-refractivity contribution is 4.91. The van der Waals surface area contributed by atoms with Crippen LogP contribution in [0.4, 0.5) is 0 Å². The standard InChI is InChI=1S/C12H24O2/c1-4-7-8-11(13)12(14,9-5-2)10-6-3/h4,7,11,13-14H,5-6,8-10H2,1-3H3/b7-4+. The molecule has 0 aliphatic carbocycles. The van der Waals surface area contributed by atoms with Crippen molar-refractivity contribution in [3.8, 4) is 0 Å². The van der Waals surface area contributed by atoms with Gasteiger partial charge in [0.15, 0.2) is 0 Å². The van der Waals surface area contributed by atoms with Gasteiger partial charge in [-0.15, -0.1) is 0 Å². The predicted molar refractivity (Wildman–Crippen MR) is 60.2 cm³/mol. The van der Waals surface area contributed by atoms with Crippen LogP contribution in [-0.2, 0) is 0 Å². The number of aliphatic hydroxyl groups is 2. The molecule has 1 unspecified atom stereocenters. The maximum Gasteiger partial charge on any atom is 0.0908 e. The van der Waals surface area contributed by atoms with Crippen LogP contribution >= 0.6 is 0 Å². The molecule has 0 aromatic rings. The summed E-state index contributed by atoms with van der Waals surface area (Å²) >= 11 is 0. The Kier molecular flexibility index (Phi) is 6.85. The summed E-state index contributed by atoms with van der Waals surface area (Å²) in [7, 11) is 0. The van der Waals surface area contributed by atoms with E-state index in [1.165, 1.54) is 0 Å². The zero-order chi connectivity index (χ0) is 11.0. The minimum absolute atomic E-state index is 0.549.